The first-order valence-corrected chi connectivity index (χ1v) is 9.27. The molecule has 1 unspecified atom stereocenters. The molecule has 0 radical (unpaired) electrons. The van der Waals surface area contributed by atoms with Crippen LogP contribution in [0.4, 0.5) is 18.9 Å². The number of rotatable bonds is 3. The van der Waals surface area contributed by atoms with Crippen molar-refractivity contribution in [1.82, 2.24) is 0 Å². The van der Waals surface area contributed by atoms with Gasteiger partial charge in [-0.25, -0.2) is 0 Å². The minimum atomic E-state index is -4.70. The smallest absolute Gasteiger partial charge is 0.406 e. The summed E-state index contributed by atoms with van der Waals surface area (Å²) in [5.41, 5.74) is 5.09. The second kappa shape index (κ2) is 7.40. The summed E-state index contributed by atoms with van der Waals surface area (Å²) in [5, 5.41) is 4.14. The van der Waals surface area contributed by atoms with E-state index in [1.807, 2.05) is 42.5 Å². The van der Waals surface area contributed by atoms with Crippen LogP contribution in [0.1, 0.15) is 23.6 Å². The molecule has 1 atom stereocenters. The molecule has 0 saturated heterocycles. The lowest BCUT2D eigenvalue weighted by atomic mass is 9.88. The molecule has 4 rings (SSSR count). The average Bonchev–Trinajstić information content (AvgIpc) is 2.66. The van der Waals surface area contributed by atoms with Crippen molar-refractivity contribution >= 4 is 17.3 Å². The summed E-state index contributed by atoms with van der Waals surface area (Å²) in [7, 11) is 0. The molecular weight excluding hydrogens is 387 g/mol. The van der Waals surface area contributed by atoms with Crippen LogP contribution in [0.5, 0.6) is 5.75 Å². The second-order valence-electron chi connectivity index (χ2n) is 6.70. The van der Waals surface area contributed by atoms with Crippen molar-refractivity contribution in [3.63, 3.8) is 0 Å². The maximum Gasteiger partial charge on any atom is 0.573 e. The van der Waals surface area contributed by atoms with Gasteiger partial charge < -0.3 is 10.1 Å². The number of fused-ring (bicyclic) bond motifs is 1. The first-order valence-electron chi connectivity index (χ1n) is 8.89. The van der Waals surface area contributed by atoms with Crippen LogP contribution in [0.15, 0.2) is 66.7 Å². The monoisotopic (exact) mass is 403 g/mol. The van der Waals surface area contributed by atoms with Crippen molar-refractivity contribution in [2.24, 2.45) is 0 Å². The summed E-state index contributed by atoms with van der Waals surface area (Å²) < 4.78 is 41.5. The molecule has 2 nitrogen and oxygen atoms in total. The zero-order valence-corrected chi connectivity index (χ0v) is 15.5. The van der Waals surface area contributed by atoms with Crippen molar-refractivity contribution < 1.29 is 17.9 Å². The van der Waals surface area contributed by atoms with Gasteiger partial charge in [-0.15, -0.1) is 13.2 Å². The third-order valence-electron chi connectivity index (χ3n) is 4.82. The highest BCUT2D eigenvalue weighted by atomic mass is 35.5. The zero-order valence-electron chi connectivity index (χ0n) is 14.8. The first-order chi connectivity index (χ1) is 13.4. The Morgan fingerprint density at radius 1 is 0.964 bits per heavy atom. The Hall–Kier alpha value is -2.66. The lowest BCUT2D eigenvalue weighted by molar-refractivity contribution is -0.274. The molecule has 6 heteroatoms. The van der Waals surface area contributed by atoms with E-state index in [0.29, 0.717) is 5.02 Å². The van der Waals surface area contributed by atoms with Crippen LogP contribution < -0.4 is 10.1 Å². The average molecular weight is 404 g/mol. The topological polar surface area (TPSA) is 21.3 Å². The number of ether oxygens (including phenoxy) is 1. The lowest BCUT2D eigenvalue weighted by Crippen LogP contribution is -2.20. The molecule has 3 aromatic carbocycles. The Morgan fingerprint density at radius 2 is 1.75 bits per heavy atom. The fourth-order valence-corrected chi connectivity index (χ4v) is 3.84. The minimum Gasteiger partial charge on any atom is -0.406 e. The third-order valence-corrected chi connectivity index (χ3v) is 5.05. The highest BCUT2D eigenvalue weighted by molar-refractivity contribution is 6.30. The van der Waals surface area contributed by atoms with Crippen LogP contribution in [0.3, 0.4) is 0 Å². The Bertz CT molecular complexity index is 1000. The number of benzene rings is 3. The molecule has 28 heavy (non-hydrogen) atoms. The van der Waals surface area contributed by atoms with Crippen molar-refractivity contribution in [3.8, 4) is 16.9 Å². The van der Waals surface area contributed by atoms with Crippen LogP contribution in [0.25, 0.3) is 11.1 Å². The summed E-state index contributed by atoms with van der Waals surface area (Å²) in [6.45, 7) is 0. The SMILES string of the molecule is FC(F)(F)Oc1cccc(C2CCc3c(cccc3-c3cccc(Cl)c3)N2)c1. The van der Waals surface area contributed by atoms with Crippen LogP contribution in [0.2, 0.25) is 5.02 Å². The van der Waals surface area contributed by atoms with Gasteiger partial charge >= 0.3 is 6.36 Å². The Morgan fingerprint density at radius 3 is 2.54 bits per heavy atom. The number of anilines is 1. The summed E-state index contributed by atoms with van der Waals surface area (Å²) in [6, 6.07) is 19.8. The molecular formula is C22H17ClF3NO. The number of halogens is 4. The standard InChI is InChI=1S/C22H17ClF3NO/c23-16-6-1-4-14(12-16)18-8-3-9-21-19(18)10-11-20(27-21)15-5-2-7-17(13-15)28-22(24,25)26/h1-9,12-13,20,27H,10-11H2. The molecule has 1 aliphatic rings. The molecule has 0 amide bonds. The van der Waals surface area contributed by atoms with Gasteiger partial charge in [0.1, 0.15) is 5.75 Å². The molecule has 0 spiro atoms. The van der Waals surface area contributed by atoms with E-state index in [-0.39, 0.29) is 11.8 Å². The summed E-state index contributed by atoms with van der Waals surface area (Å²) in [6.07, 6.45) is -3.13. The van der Waals surface area contributed by atoms with Gasteiger partial charge in [0.05, 0.1) is 6.04 Å². The van der Waals surface area contributed by atoms with E-state index in [0.717, 1.165) is 35.2 Å². The summed E-state index contributed by atoms with van der Waals surface area (Å²) in [4.78, 5) is 0. The van der Waals surface area contributed by atoms with Crippen LogP contribution in [-0.2, 0) is 6.42 Å². The molecule has 0 fully saturated rings. The zero-order chi connectivity index (χ0) is 19.7. The van der Waals surface area contributed by atoms with Crippen LogP contribution >= 0.6 is 11.6 Å². The van der Waals surface area contributed by atoms with Crippen molar-refractivity contribution in [3.05, 3.63) is 82.9 Å². The van der Waals surface area contributed by atoms with Gasteiger partial charge in [-0.05, 0) is 65.4 Å². The van der Waals surface area contributed by atoms with E-state index in [9.17, 15) is 13.2 Å². The minimum absolute atomic E-state index is 0.0844. The van der Waals surface area contributed by atoms with E-state index in [4.69, 9.17) is 11.6 Å². The van der Waals surface area contributed by atoms with E-state index in [2.05, 4.69) is 16.1 Å². The number of hydrogen-bond acceptors (Lipinski definition) is 2. The molecule has 3 aromatic rings. The largest absolute Gasteiger partial charge is 0.573 e. The third kappa shape index (κ3) is 4.09. The van der Waals surface area contributed by atoms with Gasteiger partial charge in [0.25, 0.3) is 0 Å². The highest BCUT2D eigenvalue weighted by Crippen LogP contribution is 2.39. The lowest BCUT2D eigenvalue weighted by Gasteiger charge is -2.29. The van der Waals surface area contributed by atoms with Gasteiger partial charge in [0.15, 0.2) is 0 Å². The summed E-state index contributed by atoms with van der Waals surface area (Å²) in [5.74, 6) is -0.203. The predicted octanol–water partition coefficient (Wildman–Crippen LogP) is 7.01. The molecule has 1 aliphatic heterocycles. The Labute approximate surface area is 165 Å². The molecule has 0 aromatic heterocycles. The van der Waals surface area contributed by atoms with Crippen LogP contribution in [-0.4, -0.2) is 6.36 Å². The van der Waals surface area contributed by atoms with E-state index in [1.165, 1.54) is 17.7 Å². The summed E-state index contributed by atoms with van der Waals surface area (Å²) >= 11 is 6.13. The van der Waals surface area contributed by atoms with Gasteiger partial charge in [-0.3, -0.25) is 0 Å². The molecule has 0 saturated carbocycles. The molecule has 1 heterocycles. The van der Waals surface area contributed by atoms with Gasteiger partial charge in [-0.2, -0.15) is 0 Å². The Kier molecular flexibility index (Phi) is 4.94. The van der Waals surface area contributed by atoms with E-state index < -0.39 is 6.36 Å². The maximum absolute atomic E-state index is 12.5. The van der Waals surface area contributed by atoms with Crippen molar-refractivity contribution in [2.75, 3.05) is 5.32 Å². The predicted molar refractivity (Wildman–Crippen MR) is 105 cm³/mol. The molecule has 144 valence electrons. The maximum atomic E-state index is 12.5. The van der Waals surface area contributed by atoms with Crippen molar-refractivity contribution in [1.29, 1.82) is 0 Å². The number of hydrogen-bond donors (Lipinski definition) is 1. The molecule has 0 bridgehead atoms. The van der Waals surface area contributed by atoms with Crippen LogP contribution in [0, 0.1) is 0 Å². The molecule has 0 aliphatic carbocycles. The number of nitrogens with one attached hydrogen (secondary N) is 1. The second-order valence-corrected chi connectivity index (χ2v) is 7.13. The van der Waals surface area contributed by atoms with Gasteiger partial charge in [-0.1, -0.05) is 48.0 Å². The highest BCUT2D eigenvalue weighted by Gasteiger charge is 2.31. The molecule has 1 N–H and O–H groups in total. The van der Waals surface area contributed by atoms with Gasteiger partial charge in [0.2, 0.25) is 0 Å². The first kappa shape index (κ1) is 18.7. The fourth-order valence-electron chi connectivity index (χ4n) is 3.64. The normalized spacial score (nSPS) is 16.2. The Balaban J connectivity index is 1.61. The van der Waals surface area contributed by atoms with Gasteiger partial charge in [0, 0.05) is 10.7 Å². The fraction of sp³-hybridized carbons (Fsp3) is 0.182. The quantitative estimate of drug-likeness (QED) is 0.508. The van der Waals surface area contributed by atoms with Crippen molar-refractivity contribution in [2.45, 2.75) is 25.2 Å². The van der Waals surface area contributed by atoms with E-state index >= 15 is 0 Å². The number of alkyl halides is 3. The van der Waals surface area contributed by atoms with E-state index in [1.54, 1.807) is 6.07 Å².